The fraction of sp³-hybridized carbons (Fsp3) is 0.222. The Morgan fingerprint density at radius 1 is 1.25 bits per heavy atom. The number of fused-ring (bicyclic) bond motifs is 1. The summed E-state index contributed by atoms with van der Waals surface area (Å²) in [5.41, 5.74) is 1.88. The monoisotopic (exact) mass is 343 g/mol. The van der Waals surface area contributed by atoms with Gasteiger partial charge in [-0.3, -0.25) is 9.48 Å². The zero-order valence-corrected chi connectivity index (χ0v) is 14.1. The highest BCUT2D eigenvalue weighted by atomic mass is 35.5. The van der Waals surface area contributed by atoms with Gasteiger partial charge < -0.3 is 10.1 Å². The number of aromatic nitrogens is 2. The summed E-state index contributed by atoms with van der Waals surface area (Å²) in [7, 11) is 1.62. The SMILES string of the molecule is COc1ccccc1CNC(=O)CCn1ncc2c(Cl)cccc21. The van der Waals surface area contributed by atoms with Crippen LogP contribution < -0.4 is 10.1 Å². The van der Waals surface area contributed by atoms with Crippen LogP contribution in [0.4, 0.5) is 0 Å². The molecule has 24 heavy (non-hydrogen) atoms. The van der Waals surface area contributed by atoms with E-state index in [1.54, 1.807) is 18.0 Å². The Morgan fingerprint density at radius 2 is 2.08 bits per heavy atom. The molecule has 5 nitrogen and oxygen atoms in total. The standard InChI is InChI=1S/C18H18ClN3O2/c1-24-17-8-3-2-5-13(17)11-20-18(23)9-10-22-16-7-4-6-15(19)14(16)12-21-22/h2-8,12H,9-11H2,1H3,(H,20,23). The highest BCUT2D eigenvalue weighted by Gasteiger charge is 2.09. The van der Waals surface area contributed by atoms with Crippen molar-refractivity contribution in [2.24, 2.45) is 0 Å². The number of aryl methyl sites for hydroxylation is 1. The van der Waals surface area contributed by atoms with Gasteiger partial charge in [0.25, 0.3) is 0 Å². The van der Waals surface area contributed by atoms with E-state index in [9.17, 15) is 4.79 Å². The van der Waals surface area contributed by atoms with Crippen LogP contribution in [0.15, 0.2) is 48.7 Å². The Hall–Kier alpha value is -2.53. The number of ether oxygens (including phenoxy) is 1. The first kappa shape index (κ1) is 16.3. The number of hydrogen-bond donors (Lipinski definition) is 1. The molecule has 0 unspecified atom stereocenters. The summed E-state index contributed by atoms with van der Waals surface area (Å²) in [6, 6.07) is 13.3. The molecule has 0 atom stereocenters. The van der Waals surface area contributed by atoms with Gasteiger partial charge in [0.15, 0.2) is 0 Å². The van der Waals surface area contributed by atoms with Crippen LogP contribution in [0.25, 0.3) is 10.9 Å². The number of nitrogens with zero attached hydrogens (tertiary/aromatic N) is 2. The Kier molecular flexibility index (Phi) is 5.01. The van der Waals surface area contributed by atoms with Gasteiger partial charge in [0, 0.05) is 23.9 Å². The molecule has 1 heterocycles. The van der Waals surface area contributed by atoms with Crippen LogP contribution in [-0.2, 0) is 17.9 Å². The second kappa shape index (κ2) is 7.36. The Bertz CT molecular complexity index is 860. The summed E-state index contributed by atoms with van der Waals surface area (Å²) in [6.45, 7) is 0.941. The van der Waals surface area contributed by atoms with Crippen LogP contribution in [0.3, 0.4) is 0 Å². The van der Waals surface area contributed by atoms with Crippen molar-refractivity contribution in [3.63, 3.8) is 0 Å². The van der Waals surface area contributed by atoms with E-state index >= 15 is 0 Å². The minimum atomic E-state index is -0.0356. The van der Waals surface area contributed by atoms with Crippen LogP contribution >= 0.6 is 11.6 Å². The molecule has 0 fully saturated rings. The number of carbonyl (C=O) groups is 1. The molecule has 3 rings (SSSR count). The summed E-state index contributed by atoms with van der Waals surface area (Å²) >= 11 is 6.13. The van der Waals surface area contributed by atoms with Crippen LogP contribution in [-0.4, -0.2) is 22.8 Å². The van der Waals surface area contributed by atoms with Crippen molar-refractivity contribution >= 4 is 28.4 Å². The second-order valence-corrected chi connectivity index (χ2v) is 5.79. The minimum Gasteiger partial charge on any atom is -0.496 e. The van der Waals surface area contributed by atoms with Gasteiger partial charge in [-0.15, -0.1) is 0 Å². The van der Waals surface area contributed by atoms with Crippen molar-refractivity contribution in [3.05, 3.63) is 59.2 Å². The van der Waals surface area contributed by atoms with Gasteiger partial charge in [-0.05, 0) is 18.2 Å². The minimum absolute atomic E-state index is 0.0356. The maximum atomic E-state index is 12.1. The molecule has 1 amide bonds. The quantitative estimate of drug-likeness (QED) is 0.746. The molecule has 0 bridgehead atoms. The number of rotatable bonds is 6. The lowest BCUT2D eigenvalue weighted by Gasteiger charge is -2.10. The summed E-state index contributed by atoms with van der Waals surface area (Å²) in [5, 5.41) is 8.78. The van der Waals surface area contributed by atoms with E-state index in [4.69, 9.17) is 16.3 Å². The van der Waals surface area contributed by atoms with Gasteiger partial charge >= 0.3 is 0 Å². The van der Waals surface area contributed by atoms with Gasteiger partial charge in [-0.25, -0.2) is 0 Å². The van der Waals surface area contributed by atoms with E-state index in [0.29, 0.717) is 24.5 Å². The van der Waals surface area contributed by atoms with Crippen LogP contribution in [0.2, 0.25) is 5.02 Å². The van der Waals surface area contributed by atoms with E-state index in [1.807, 2.05) is 42.5 Å². The van der Waals surface area contributed by atoms with Crippen molar-refractivity contribution in [2.45, 2.75) is 19.5 Å². The molecule has 1 N–H and O–H groups in total. The van der Waals surface area contributed by atoms with E-state index in [1.165, 1.54) is 0 Å². The Balaban J connectivity index is 1.58. The number of methoxy groups -OCH3 is 1. The van der Waals surface area contributed by atoms with Crippen molar-refractivity contribution in [1.29, 1.82) is 0 Å². The Morgan fingerprint density at radius 3 is 2.92 bits per heavy atom. The average molecular weight is 344 g/mol. The number of carbonyl (C=O) groups excluding carboxylic acids is 1. The summed E-state index contributed by atoms with van der Waals surface area (Å²) in [5.74, 6) is 0.733. The smallest absolute Gasteiger partial charge is 0.222 e. The molecule has 0 aliphatic heterocycles. The second-order valence-electron chi connectivity index (χ2n) is 5.38. The van der Waals surface area contributed by atoms with Crippen molar-refractivity contribution in [3.8, 4) is 5.75 Å². The third-order valence-corrected chi connectivity index (χ3v) is 4.18. The Labute approximate surface area is 145 Å². The average Bonchev–Trinajstić information content (AvgIpc) is 3.03. The number of para-hydroxylation sites is 1. The van der Waals surface area contributed by atoms with Crippen LogP contribution in [0, 0.1) is 0 Å². The lowest BCUT2D eigenvalue weighted by molar-refractivity contribution is -0.121. The molecule has 0 aliphatic rings. The highest BCUT2D eigenvalue weighted by molar-refractivity contribution is 6.35. The predicted octanol–water partition coefficient (Wildman–Crippen LogP) is 3.40. The summed E-state index contributed by atoms with van der Waals surface area (Å²) < 4.78 is 7.07. The molecular formula is C18H18ClN3O2. The first-order valence-corrected chi connectivity index (χ1v) is 8.05. The molecule has 0 spiro atoms. The predicted molar refractivity (Wildman–Crippen MR) is 94.2 cm³/mol. The van der Waals surface area contributed by atoms with Gasteiger partial charge in [-0.1, -0.05) is 35.9 Å². The number of benzene rings is 2. The number of halogens is 1. The number of nitrogens with one attached hydrogen (secondary N) is 1. The van der Waals surface area contributed by atoms with E-state index < -0.39 is 0 Å². The van der Waals surface area contributed by atoms with Gasteiger partial charge in [-0.2, -0.15) is 5.10 Å². The van der Waals surface area contributed by atoms with Crippen LogP contribution in [0.5, 0.6) is 5.75 Å². The van der Waals surface area contributed by atoms with Crippen molar-refractivity contribution < 1.29 is 9.53 Å². The lowest BCUT2D eigenvalue weighted by Crippen LogP contribution is -2.24. The van der Waals surface area contributed by atoms with Crippen molar-refractivity contribution in [2.75, 3.05) is 7.11 Å². The molecule has 0 saturated heterocycles. The van der Waals surface area contributed by atoms with Crippen molar-refractivity contribution in [1.82, 2.24) is 15.1 Å². The first-order chi connectivity index (χ1) is 11.7. The fourth-order valence-electron chi connectivity index (χ4n) is 2.58. The molecule has 3 aromatic rings. The third kappa shape index (κ3) is 3.51. The van der Waals surface area contributed by atoms with Gasteiger partial charge in [0.2, 0.25) is 5.91 Å². The van der Waals surface area contributed by atoms with E-state index in [0.717, 1.165) is 22.2 Å². The highest BCUT2D eigenvalue weighted by Crippen LogP contribution is 2.22. The molecule has 1 aromatic heterocycles. The largest absolute Gasteiger partial charge is 0.496 e. The maximum absolute atomic E-state index is 12.1. The summed E-state index contributed by atoms with van der Waals surface area (Å²) in [4.78, 5) is 12.1. The van der Waals surface area contributed by atoms with Crippen LogP contribution in [0.1, 0.15) is 12.0 Å². The van der Waals surface area contributed by atoms with E-state index in [-0.39, 0.29) is 5.91 Å². The molecule has 0 radical (unpaired) electrons. The molecule has 0 aliphatic carbocycles. The molecule has 6 heteroatoms. The first-order valence-electron chi connectivity index (χ1n) is 7.67. The number of amides is 1. The topological polar surface area (TPSA) is 56.1 Å². The zero-order chi connectivity index (χ0) is 16.9. The molecular weight excluding hydrogens is 326 g/mol. The maximum Gasteiger partial charge on any atom is 0.222 e. The van der Waals surface area contributed by atoms with Gasteiger partial charge in [0.05, 0.1) is 30.4 Å². The lowest BCUT2D eigenvalue weighted by atomic mass is 10.2. The molecule has 124 valence electrons. The molecule has 0 saturated carbocycles. The van der Waals surface area contributed by atoms with E-state index in [2.05, 4.69) is 10.4 Å². The zero-order valence-electron chi connectivity index (χ0n) is 13.3. The molecule has 2 aromatic carbocycles. The summed E-state index contributed by atoms with van der Waals surface area (Å²) in [6.07, 6.45) is 2.07. The normalized spacial score (nSPS) is 10.8. The number of hydrogen-bond acceptors (Lipinski definition) is 3. The third-order valence-electron chi connectivity index (χ3n) is 3.85. The van der Waals surface area contributed by atoms with Gasteiger partial charge in [0.1, 0.15) is 5.75 Å². The fourth-order valence-corrected chi connectivity index (χ4v) is 2.80.